The molecule has 0 bridgehead atoms. The van der Waals surface area contributed by atoms with Crippen LogP contribution in [-0.4, -0.2) is 25.5 Å². The van der Waals surface area contributed by atoms with Gasteiger partial charge in [-0.2, -0.15) is 0 Å². The van der Waals surface area contributed by atoms with Gasteiger partial charge < -0.3 is 10.5 Å². The summed E-state index contributed by atoms with van der Waals surface area (Å²) < 4.78 is 18.0. The molecule has 1 aromatic rings. The number of benzene rings is 1. The van der Waals surface area contributed by atoms with Gasteiger partial charge in [0.05, 0.1) is 0 Å². The van der Waals surface area contributed by atoms with E-state index in [0.717, 1.165) is 23.7 Å². The number of hydrogen-bond donors (Lipinski definition) is 1. The quantitative estimate of drug-likeness (QED) is 0.763. The average molecular weight is 257 g/mol. The summed E-state index contributed by atoms with van der Waals surface area (Å²) in [5.74, 6) is 1.01. The zero-order chi connectivity index (χ0) is 12.7. The Balaban J connectivity index is 2.34. The molecule has 0 aliphatic rings. The Morgan fingerprint density at radius 1 is 1.47 bits per heavy atom. The third kappa shape index (κ3) is 5.52. The Kier molecular flexibility index (Phi) is 6.55. The summed E-state index contributed by atoms with van der Waals surface area (Å²) >= 11 is 1.60. The van der Waals surface area contributed by atoms with E-state index < -0.39 is 0 Å². The van der Waals surface area contributed by atoms with Crippen molar-refractivity contribution < 1.29 is 9.13 Å². The van der Waals surface area contributed by atoms with Gasteiger partial charge in [-0.05, 0) is 30.5 Å². The molecule has 0 fully saturated rings. The molecule has 0 amide bonds. The lowest BCUT2D eigenvalue weighted by molar-refractivity contribution is 0.176. The fourth-order valence-corrected chi connectivity index (χ4v) is 2.52. The van der Waals surface area contributed by atoms with Crippen molar-refractivity contribution in [2.75, 3.05) is 19.5 Å². The maximum Gasteiger partial charge on any atom is 0.124 e. The molecule has 1 aromatic carbocycles. The molecule has 0 saturated carbocycles. The molecule has 2 atom stereocenters. The van der Waals surface area contributed by atoms with Gasteiger partial charge in [0.1, 0.15) is 5.82 Å². The highest BCUT2D eigenvalue weighted by Crippen LogP contribution is 2.21. The first-order chi connectivity index (χ1) is 8.13. The van der Waals surface area contributed by atoms with Gasteiger partial charge in [-0.3, -0.25) is 0 Å². The normalized spacial score (nSPS) is 14.6. The van der Waals surface area contributed by atoms with Gasteiger partial charge >= 0.3 is 0 Å². The Hall–Kier alpha value is -0.580. The Morgan fingerprint density at radius 3 is 2.88 bits per heavy atom. The maximum absolute atomic E-state index is 13.0. The van der Waals surface area contributed by atoms with Crippen molar-refractivity contribution >= 4 is 11.8 Å². The lowest BCUT2D eigenvalue weighted by atomic mass is 10.0. The Bertz CT molecular complexity index is 335. The largest absolute Gasteiger partial charge is 0.385 e. The van der Waals surface area contributed by atoms with Gasteiger partial charge in [0.2, 0.25) is 0 Å². The average Bonchev–Trinajstić information content (AvgIpc) is 2.33. The fourth-order valence-electron chi connectivity index (χ4n) is 1.43. The molecule has 2 unspecified atom stereocenters. The molecule has 0 spiro atoms. The molecule has 4 heteroatoms. The minimum Gasteiger partial charge on any atom is -0.385 e. The van der Waals surface area contributed by atoms with Crippen molar-refractivity contribution in [1.29, 1.82) is 0 Å². The second kappa shape index (κ2) is 7.69. The van der Waals surface area contributed by atoms with Gasteiger partial charge in [0.15, 0.2) is 0 Å². The van der Waals surface area contributed by atoms with E-state index in [9.17, 15) is 4.39 Å². The van der Waals surface area contributed by atoms with Crippen LogP contribution in [0.2, 0.25) is 0 Å². The van der Waals surface area contributed by atoms with Gasteiger partial charge in [-0.1, -0.05) is 13.0 Å². The third-order valence-electron chi connectivity index (χ3n) is 2.75. The van der Waals surface area contributed by atoms with Gasteiger partial charge in [-0.25, -0.2) is 4.39 Å². The summed E-state index contributed by atoms with van der Waals surface area (Å²) in [4.78, 5) is 0.930. The van der Waals surface area contributed by atoms with Crippen LogP contribution < -0.4 is 5.73 Å². The number of methoxy groups -OCH3 is 1. The summed E-state index contributed by atoms with van der Waals surface area (Å²) in [5, 5.41) is 0. The highest BCUT2D eigenvalue weighted by atomic mass is 32.2. The summed E-state index contributed by atoms with van der Waals surface area (Å²) in [7, 11) is 1.69. The maximum atomic E-state index is 13.0. The monoisotopic (exact) mass is 257 g/mol. The third-order valence-corrected chi connectivity index (χ3v) is 3.89. The molecule has 17 heavy (non-hydrogen) atoms. The van der Waals surface area contributed by atoms with Crippen LogP contribution in [0.25, 0.3) is 0 Å². The molecule has 0 radical (unpaired) electrons. The molecule has 0 saturated heterocycles. The van der Waals surface area contributed by atoms with E-state index in [1.54, 1.807) is 24.9 Å². The van der Waals surface area contributed by atoms with E-state index in [-0.39, 0.29) is 11.9 Å². The van der Waals surface area contributed by atoms with Crippen LogP contribution in [0.15, 0.2) is 29.2 Å². The predicted octanol–water partition coefficient (Wildman–Crippen LogP) is 2.92. The first-order valence-corrected chi connectivity index (χ1v) is 6.75. The van der Waals surface area contributed by atoms with Crippen LogP contribution in [0.3, 0.4) is 0 Å². The number of rotatable bonds is 7. The van der Waals surface area contributed by atoms with Crippen molar-refractivity contribution in [3.05, 3.63) is 30.1 Å². The van der Waals surface area contributed by atoms with Crippen LogP contribution in [0, 0.1) is 11.7 Å². The molecule has 2 N–H and O–H groups in total. The second-order valence-corrected chi connectivity index (χ2v) is 5.28. The molecule has 0 heterocycles. The van der Waals surface area contributed by atoms with Crippen LogP contribution in [0.4, 0.5) is 4.39 Å². The van der Waals surface area contributed by atoms with Crippen molar-refractivity contribution in [3.63, 3.8) is 0 Å². The van der Waals surface area contributed by atoms with Crippen molar-refractivity contribution in [2.45, 2.75) is 24.3 Å². The lowest BCUT2D eigenvalue weighted by Gasteiger charge is -2.19. The van der Waals surface area contributed by atoms with E-state index in [1.807, 2.05) is 6.07 Å². The summed E-state index contributed by atoms with van der Waals surface area (Å²) in [6.07, 6.45) is 0.960. The first-order valence-electron chi connectivity index (χ1n) is 5.76. The van der Waals surface area contributed by atoms with Gasteiger partial charge in [0, 0.05) is 30.4 Å². The van der Waals surface area contributed by atoms with Crippen LogP contribution >= 0.6 is 11.8 Å². The summed E-state index contributed by atoms with van der Waals surface area (Å²) in [6.45, 7) is 2.86. The molecule has 2 nitrogen and oxygen atoms in total. The van der Waals surface area contributed by atoms with Crippen LogP contribution in [0.5, 0.6) is 0 Å². The molecule has 1 rings (SSSR count). The highest BCUT2D eigenvalue weighted by Gasteiger charge is 2.12. The van der Waals surface area contributed by atoms with Crippen molar-refractivity contribution in [1.82, 2.24) is 0 Å². The molecule has 96 valence electrons. The topological polar surface area (TPSA) is 35.2 Å². The Labute approximate surface area is 107 Å². The molecular weight excluding hydrogens is 237 g/mol. The van der Waals surface area contributed by atoms with E-state index in [1.165, 1.54) is 12.1 Å². The van der Waals surface area contributed by atoms with Crippen LogP contribution in [-0.2, 0) is 4.74 Å². The first kappa shape index (κ1) is 14.5. The SMILES string of the molecule is COCCC(C)C(N)CSc1cccc(F)c1. The number of nitrogens with two attached hydrogens (primary N) is 1. The number of ether oxygens (including phenoxy) is 1. The number of thioether (sulfide) groups is 1. The molecule has 0 aliphatic heterocycles. The minimum atomic E-state index is -0.198. The van der Waals surface area contributed by atoms with Crippen molar-refractivity contribution in [2.24, 2.45) is 11.7 Å². The van der Waals surface area contributed by atoms with E-state index >= 15 is 0 Å². The van der Waals surface area contributed by atoms with Crippen LogP contribution in [0.1, 0.15) is 13.3 Å². The van der Waals surface area contributed by atoms with E-state index in [4.69, 9.17) is 10.5 Å². The number of halogens is 1. The lowest BCUT2D eigenvalue weighted by Crippen LogP contribution is -2.31. The fraction of sp³-hybridized carbons (Fsp3) is 0.538. The summed E-state index contributed by atoms with van der Waals surface area (Å²) in [5.41, 5.74) is 6.07. The van der Waals surface area contributed by atoms with E-state index in [2.05, 4.69) is 6.92 Å². The van der Waals surface area contributed by atoms with E-state index in [0.29, 0.717) is 5.92 Å². The molecule has 0 aliphatic carbocycles. The summed E-state index contributed by atoms with van der Waals surface area (Å²) in [6, 6.07) is 6.72. The van der Waals surface area contributed by atoms with Crippen molar-refractivity contribution in [3.8, 4) is 0 Å². The number of hydrogen-bond acceptors (Lipinski definition) is 3. The zero-order valence-corrected chi connectivity index (χ0v) is 11.2. The smallest absolute Gasteiger partial charge is 0.124 e. The minimum absolute atomic E-state index is 0.110. The second-order valence-electron chi connectivity index (χ2n) is 4.19. The standard InChI is InChI=1S/C13H20FNOS/c1-10(6-7-16-2)13(15)9-17-12-5-3-4-11(14)8-12/h3-5,8,10,13H,6-7,9,15H2,1-2H3. The highest BCUT2D eigenvalue weighted by molar-refractivity contribution is 7.99. The Morgan fingerprint density at radius 2 is 2.24 bits per heavy atom. The molecular formula is C13H20FNOS. The van der Waals surface area contributed by atoms with Gasteiger partial charge in [0.25, 0.3) is 0 Å². The van der Waals surface area contributed by atoms with Gasteiger partial charge in [-0.15, -0.1) is 11.8 Å². The molecule has 0 aromatic heterocycles. The zero-order valence-electron chi connectivity index (χ0n) is 10.4. The predicted molar refractivity (Wildman–Crippen MR) is 70.8 cm³/mol.